The molecule has 0 radical (unpaired) electrons. The molecule has 1 aliphatic carbocycles. The van der Waals surface area contributed by atoms with Crippen LogP contribution in [0.15, 0.2) is 23.1 Å². The molecule has 0 saturated heterocycles. The quantitative estimate of drug-likeness (QED) is 0.875. The molecule has 0 unspecified atom stereocenters. The van der Waals surface area contributed by atoms with E-state index in [2.05, 4.69) is 0 Å². The van der Waals surface area contributed by atoms with Gasteiger partial charge in [-0.25, -0.2) is 13.2 Å². The van der Waals surface area contributed by atoms with Gasteiger partial charge < -0.3 is 5.11 Å². The first-order valence-corrected chi connectivity index (χ1v) is 8.24. The van der Waals surface area contributed by atoms with Gasteiger partial charge in [-0.1, -0.05) is 18.5 Å². The van der Waals surface area contributed by atoms with Crippen LogP contribution in [0.2, 0.25) is 5.02 Å². The molecule has 0 bridgehead atoms. The minimum absolute atomic E-state index is 0.0489. The van der Waals surface area contributed by atoms with E-state index in [-0.39, 0.29) is 21.5 Å². The molecule has 7 heteroatoms. The van der Waals surface area contributed by atoms with E-state index in [1.54, 1.807) is 0 Å². The summed E-state index contributed by atoms with van der Waals surface area (Å²) in [6.45, 7) is 2.39. The van der Waals surface area contributed by atoms with Crippen LogP contribution in [0.25, 0.3) is 0 Å². The normalized spacial score (nSPS) is 15.6. The molecule has 1 saturated carbocycles. The molecule has 0 spiro atoms. The third kappa shape index (κ3) is 2.97. The maximum absolute atomic E-state index is 12.6. The SMILES string of the molecule is CCCN(C1CC1)S(=O)(=O)c1ccc(C(=O)O)c(Cl)c1. The minimum Gasteiger partial charge on any atom is -0.478 e. The molecule has 5 nitrogen and oxygen atoms in total. The molecule has 0 amide bonds. The van der Waals surface area contributed by atoms with E-state index in [0.29, 0.717) is 6.54 Å². The first-order valence-electron chi connectivity index (χ1n) is 6.42. The van der Waals surface area contributed by atoms with Gasteiger partial charge in [-0.15, -0.1) is 0 Å². The van der Waals surface area contributed by atoms with Crippen molar-refractivity contribution in [2.75, 3.05) is 6.54 Å². The third-order valence-corrected chi connectivity index (χ3v) is 5.44. The summed E-state index contributed by atoms with van der Waals surface area (Å²) in [4.78, 5) is 10.9. The number of halogens is 1. The van der Waals surface area contributed by atoms with E-state index < -0.39 is 16.0 Å². The van der Waals surface area contributed by atoms with Crippen molar-refractivity contribution < 1.29 is 18.3 Å². The standard InChI is InChI=1S/C13H16ClNO4S/c1-2-7-15(9-3-4-9)20(18,19)10-5-6-11(13(16)17)12(14)8-10/h5-6,8-9H,2-4,7H2,1H3,(H,16,17). The van der Waals surface area contributed by atoms with Crippen molar-refractivity contribution in [2.24, 2.45) is 0 Å². The summed E-state index contributed by atoms with van der Waals surface area (Å²) in [5.41, 5.74) is -0.0981. The molecule has 1 N–H and O–H groups in total. The lowest BCUT2D eigenvalue weighted by molar-refractivity contribution is 0.0697. The van der Waals surface area contributed by atoms with Gasteiger partial charge in [-0.2, -0.15) is 4.31 Å². The Bertz CT molecular complexity index is 625. The number of benzene rings is 1. The highest BCUT2D eigenvalue weighted by Crippen LogP contribution is 2.33. The van der Waals surface area contributed by atoms with Crippen LogP contribution in [0.3, 0.4) is 0 Å². The number of carboxylic acids is 1. The highest BCUT2D eigenvalue weighted by molar-refractivity contribution is 7.89. The lowest BCUT2D eigenvalue weighted by Crippen LogP contribution is -2.33. The Balaban J connectivity index is 2.38. The number of carbonyl (C=O) groups is 1. The molecule has 1 aromatic rings. The number of nitrogens with zero attached hydrogens (tertiary/aromatic N) is 1. The monoisotopic (exact) mass is 317 g/mol. The highest BCUT2D eigenvalue weighted by atomic mass is 35.5. The number of carboxylic acid groups (broad SMARTS) is 1. The van der Waals surface area contributed by atoms with Crippen LogP contribution in [0.5, 0.6) is 0 Å². The van der Waals surface area contributed by atoms with Gasteiger partial charge >= 0.3 is 5.97 Å². The van der Waals surface area contributed by atoms with Crippen LogP contribution in [0.1, 0.15) is 36.5 Å². The number of hydrogen-bond acceptors (Lipinski definition) is 3. The summed E-state index contributed by atoms with van der Waals surface area (Å²) in [6, 6.07) is 3.81. The number of sulfonamides is 1. The molecule has 2 rings (SSSR count). The summed E-state index contributed by atoms with van der Waals surface area (Å²) in [5, 5.41) is 8.84. The predicted molar refractivity (Wildman–Crippen MR) is 75.6 cm³/mol. The molecular formula is C13H16ClNO4S. The molecule has 0 heterocycles. The van der Waals surface area contributed by atoms with E-state index >= 15 is 0 Å². The fraction of sp³-hybridized carbons (Fsp3) is 0.462. The predicted octanol–water partition coefficient (Wildman–Crippen LogP) is 2.60. The third-order valence-electron chi connectivity index (χ3n) is 3.18. The zero-order valence-corrected chi connectivity index (χ0v) is 12.6. The van der Waals surface area contributed by atoms with Crippen molar-refractivity contribution in [3.05, 3.63) is 28.8 Å². The second-order valence-electron chi connectivity index (χ2n) is 4.79. The van der Waals surface area contributed by atoms with Gasteiger partial charge in [0.05, 0.1) is 15.5 Å². The largest absolute Gasteiger partial charge is 0.478 e. The smallest absolute Gasteiger partial charge is 0.337 e. The first kappa shape index (κ1) is 15.3. The van der Waals surface area contributed by atoms with Crippen molar-refractivity contribution in [3.63, 3.8) is 0 Å². The van der Waals surface area contributed by atoms with Crippen molar-refractivity contribution >= 4 is 27.6 Å². The summed E-state index contributed by atoms with van der Waals surface area (Å²) in [5.74, 6) is -1.17. The molecule has 110 valence electrons. The number of hydrogen-bond donors (Lipinski definition) is 1. The second-order valence-corrected chi connectivity index (χ2v) is 7.09. The average Bonchev–Trinajstić information content (AvgIpc) is 3.19. The topological polar surface area (TPSA) is 74.7 Å². The fourth-order valence-corrected chi connectivity index (χ4v) is 4.18. The van der Waals surface area contributed by atoms with E-state index in [1.807, 2.05) is 6.92 Å². The minimum atomic E-state index is -3.61. The van der Waals surface area contributed by atoms with Crippen LogP contribution >= 0.6 is 11.6 Å². The van der Waals surface area contributed by atoms with Crippen molar-refractivity contribution in [2.45, 2.75) is 37.1 Å². The fourth-order valence-electron chi connectivity index (χ4n) is 2.05. The number of aromatic carboxylic acids is 1. The van der Waals surface area contributed by atoms with Crippen LogP contribution in [-0.4, -0.2) is 36.4 Å². The lowest BCUT2D eigenvalue weighted by atomic mass is 10.2. The van der Waals surface area contributed by atoms with Crippen LogP contribution < -0.4 is 0 Å². The summed E-state index contributed by atoms with van der Waals surface area (Å²) in [6.07, 6.45) is 2.48. The zero-order chi connectivity index (χ0) is 14.9. The molecule has 1 fully saturated rings. The van der Waals surface area contributed by atoms with Gasteiger partial charge in [0.15, 0.2) is 0 Å². The second kappa shape index (κ2) is 5.71. The Kier molecular flexibility index (Phi) is 4.36. The Hall–Kier alpha value is -1.11. The van der Waals surface area contributed by atoms with Gasteiger partial charge in [-0.05, 0) is 37.5 Å². The van der Waals surface area contributed by atoms with Gasteiger partial charge in [-0.3, -0.25) is 0 Å². The van der Waals surface area contributed by atoms with Gasteiger partial charge in [0.1, 0.15) is 0 Å². The van der Waals surface area contributed by atoms with Crippen molar-refractivity contribution in [1.29, 1.82) is 0 Å². The maximum Gasteiger partial charge on any atom is 0.337 e. The lowest BCUT2D eigenvalue weighted by Gasteiger charge is -2.21. The van der Waals surface area contributed by atoms with Gasteiger partial charge in [0.25, 0.3) is 0 Å². The molecule has 20 heavy (non-hydrogen) atoms. The molecule has 1 aromatic carbocycles. The molecule has 0 aromatic heterocycles. The molecule has 0 atom stereocenters. The summed E-state index contributed by atoms with van der Waals surface area (Å²) >= 11 is 5.84. The van der Waals surface area contributed by atoms with Crippen molar-refractivity contribution in [1.82, 2.24) is 4.31 Å². The van der Waals surface area contributed by atoms with Crippen molar-refractivity contribution in [3.8, 4) is 0 Å². The summed E-state index contributed by atoms with van der Waals surface area (Å²) < 4.78 is 26.6. The Morgan fingerprint density at radius 2 is 2.10 bits per heavy atom. The zero-order valence-electron chi connectivity index (χ0n) is 11.0. The average molecular weight is 318 g/mol. The van der Waals surface area contributed by atoms with Crippen LogP contribution in [-0.2, 0) is 10.0 Å². The maximum atomic E-state index is 12.6. The van der Waals surface area contributed by atoms with E-state index in [1.165, 1.54) is 22.5 Å². The summed E-state index contributed by atoms with van der Waals surface area (Å²) in [7, 11) is -3.61. The molecule has 0 aliphatic heterocycles. The molecule has 1 aliphatic rings. The van der Waals surface area contributed by atoms with Gasteiger partial charge in [0.2, 0.25) is 10.0 Å². The Labute approximate surface area is 123 Å². The highest BCUT2D eigenvalue weighted by Gasteiger charge is 2.37. The van der Waals surface area contributed by atoms with Crippen LogP contribution in [0.4, 0.5) is 0 Å². The van der Waals surface area contributed by atoms with E-state index in [9.17, 15) is 13.2 Å². The van der Waals surface area contributed by atoms with Crippen LogP contribution in [0, 0.1) is 0 Å². The van der Waals surface area contributed by atoms with E-state index in [4.69, 9.17) is 16.7 Å². The van der Waals surface area contributed by atoms with Gasteiger partial charge in [0, 0.05) is 12.6 Å². The number of rotatable bonds is 6. The van der Waals surface area contributed by atoms with E-state index in [0.717, 1.165) is 19.3 Å². The Morgan fingerprint density at radius 1 is 1.45 bits per heavy atom. The molecular weight excluding hydrogens is 302 g/mol. The Morgan fingerprint density at radius 3 is 2.55 bits per heavy atom. The first-order chi connectivity index (χ1) is 9.37.